The molecule has 0 saturated carbocycles. The first-order chi connectivity index (χ1) is 11.0. The van der Waals surface area contributed by atoms with E-state index in [9.17, 15) is 24.1 Å². The Labute approximate surface area is 132 Å². The fourth-order valence-electron chi connectivity index (χ4n) is 3.17. The van der Waals surface area contributed by atoms with E-state index in [0.717, 1.165) is 11.6 Å². The second kappa shape index (κ2) is 6.04. The van der Waals surface area contributed by atoms with Crippen LogP contribution >= 0.6 is 0 Å². The molecule has 2 aromatic rings. The summed E-state index contributed by atoms with van der Waals surface area (Å²) in [6.07, 6.45) is 0.305. The third-order valence-electron chi connectivity index (χ3n) is 4.36. The number of phenolic OH excluding ortho intramolecular Hbond substituents is 3. The number of hydrogen-bond donors (Lipinski definition) is 4. The number of aromatic hydroxyl groups is 3. The summed E-state index contributed by atoms with van der Waals surface area (Å²) in [5.41, 5.74) is 1.05. The highest BCUT2D eigenvalue weighted by molar-refractivity contribution is 5.42. The van der Waals surface area contributed by atoms with Gasteiger partial charge in [0, 0.05) is 24.1 Å². The first-order valence-corrected chi connectivity index (χ1v) is 7.35. The van der Waals surface area contributed by atoms with E-state index in [-0.39, 0.29) is 28.9 Å². The number of benzene rings is 2. The number of hydrogen-bond acceptors (Lipinski definition) is 4. The van der Waals surface area contributed by atoms with Gasteiger partial charge in [0.05, 0.1) is 0 Å². The predicted octanol–water partition coefficient (Wildman–Crippen LogP) is 2.63. The summed E-state index contributed by atoms with van der Waals surface area (Å²) in [5.74, 6) is -2.59. The van der Waals surface area contributed by atoms with Crippen molar-refractivity contribution in [2.45, 2.75) is 12.3 Å². The molecule has 6 heteroatoms. The van der Waals surface area contributed by atoms with Crippen LogP contribution in [-0.2, 0) is 6.42 Å². The highest BCUT2D eigenvalue weighted by Gasteiger charge is 2.30. The lowest BCUT2D eigenvalue weighted by atomic mass is 9.84. The second-order valence-electron chi connectivity index (χ2n) is 5.87. The minimum atomic E-state index is -0.968. The molecular formula is C17H17F2NO3. The summed E-state index contributed by atoms with van der Waals surface area (Å²) in [6, 6.07) is 6.42. The van der Waals surface area contributed by atoms with E-state index in [4.69, 9.17) is 0 Å². The summed E-state index contributed by atoms with van der Waals surface area (Å²) in [5, 5.41) is 32.0. The molecule has 2 atom stereocenters. The van der Waals surface area contributed by atoms with Gasteiger partial charge in [-0.1, -0.05) is 6.07 Å². The molecule has 0 radical (unpaired) electrons. The maximum Gasteiger partial charge on any atom is 0.168 e. The van der Waals surface area contributed by atoms with Crippen LogP contribution in [-0.4, -0.2) is 28.4 Å². The molecule has 2 aromatic carbocycles. The first-order valence-electron chi connectivity index (χ1n) is 7.35. The van der Waals surface area contributed by atoms with Crippen molar-refractivity contribution < 1.29 is 24.1 Å². The molecule has 4 N–H and O–H groups in total. The Bertz CT molecular complexity index is 736. The van der Waals surface area contributed by atoms with Gasteiger partial charge in [0.25, 0.3) is 0 Å². The van der Waals surface area contributed by atoms with Gasteiger partial charge in [-0.15, -0.1) is 0 Å². The Morgan fingerprint density at radius 3 is 2.52 bits per heavy atom. The van der Waals surface area contributed by atoms with Crippen LogP contribution in [0.3, 0.4) is 0 Å². The Morgan fingerprint density at radius 2 is 1.78 bits per heavy atom. The highest BCUT2D eigenvalue weighted by atomic mass is 19.1. The monoisotopic (exact) mass is 321 g/mol. The predicted molar refractivity (Wildman–Crippen MR) is 80.6 cm³/mol. The summed E-state index contributed by atoms with van der Waals surface area (Å²) in [6.45, 7) is 1.28. The van der Waals surface area contributed by atoms with Crippen LogP contribution in [0.2, 0.25) is 0 Å². The smallest absolute Gasteiger partial charge is 0.168 e. The van der Waals surface area contributed by atoms with Gasteiger partial charge in [0.1, 0.15) is 5.82 Å². The molecule has 0 aliphatic carbocycles. The van der Waals surface area contributed by atoms with Crippen molar-refractivity contribution in [3.05, 3.63) is 53.1 Å². The van der Waals surface area contributed by atoms with Crippen molar-refractivity contribution in [3.63, 3.8) is 0 Å². The molecular weight excluding hydrogens is 304 g/mol. The van der Waals surface area contributed by atoms with Crippen molar-refractivity contribution in [1.29, 1.82) is 0 Å². The zero-order valence-electron chi connectivity index (χ0n) is 12.3. The number of phenols is 3. The Morgan fingerprint density at radius 1 is 1.00 bits per heavy atom. The molecule has 122 valence electrons. The van der Waals surface area contributed by atoms with Crippen LogP contribution in [0.5, 0.6) is 17.2 Å². The van der Waals surface area contributed by atoms with Gasteiger partial charge in [0.2, 0.25) is 0 Å². The van der Waals surface area contributed by atoms with Crippen LogP contribution < -0.4 is 5.32 Å². The van der Waals surface area contributed by atoms with Crippen molar-refractivity contribution >= 4 is 0 Å². The normalized spacial score (nSPS) is 20.8. The zero-order valence-corrected chi connectivity index (χ0v) is 12.3. The van der Waals surface area contributed by atoms with Crippen molar-refractivity contribution in [2.75, 3.05) is 13.1 Å². The van der Waals surface area contributed by atoms with Gasteiger partial charge in [-0.05, 0) is 42.6 Å². The van der Waals surface area contributed by atoms with Gasteiger partial charge >= 0.3 is 0 Å². The van der Waals surface area contributed by atoms with Crippen molar-refractivity contribution in [2.24, 2.45) is 5.92 Å². The molecule has 1 saturated heterocycles. The quantitative estimate of drug-likeness (QED) is 0.656. The van der Waals surface area contributed by atoms with Crippen LogP contribution in [0.25, 0.3) is 0 Å². The maximum absolute atomic E-state index is 13.5. The number of rotatable bonds is 3. The zero-order chi connectivity index (χ0) is 16.6. The second-order valence-corrected chi connectivity index (χ2v) is 5.87. The van der Waals surface area contributed by atoms with Crippen LogP contribution in [0, 0.1) is 17.6 Å². The van der Waals surface area contributed by atoms with Gasteiger partial charge in [-0.3, -0.25) is 0 Å². The lowest BCUT2D eigenvalue weighted by Gasteiger charge is -2.20. The average molecular weight is 321 g/mol. The summed E-state index contributed by atoms with van der Waals surface area (Å²) < 4.78 is 26.8. The van der Waals surface area contributed by atoms with Gasteiger partial charge in [0.15, 0.2) is 23.1 Å². The first kappa shape index (κ1) is 15.6. The SMILES string of the molecule is Oc1ccc([C@H]2CNC[C@@H]2Cc2cc(F)cc(F)c2O)cc1O. The summed E-state index contributed by atoms with van der Waals surface area (Å²) >= 11 is 0. The average Bonchev–Trinajstić information content (AvgIpc) is 2.95. The van der Waals surface area contributed by atoms with Gasteiger partial charge in [-0.25, -0.2) is 8.78 Å². The van der Waals surface area contributed by atoms with Crippen molar-refractivity contribution in [1.82, 2.24) is 5.32 Å². The Kier molecular flexibility index (Phi) is 4.09. The lowest BCUT2D eigenvalue weighted by Crippen LogP contribution is -2.14. The molecule has 0 aromatic heterocycles. The van der Waals surface area contributed by atoms with Crippen LogP contribution in [0.1, 0.15) is 17.0 Å². The molecule has 1 fully saturated rings. The molecule has 3 rings (SSSR count). The standard InChI is InChI=1S/C17H17F2NO3/c18-12-4-10(17(23)14(19)6-12)3-11-7-20-8-13(11)9-1-2-15(21)16(22)5-9/h1-2,4-6,11,13,20-23H,3,7-8H2/t11-,13+/m0/s1. The fraction of sp³-hybridized carbons (Fsp3) is 0.294. The molecule has 1 heterocycles. The van der Waals surface area contributed by atoms with E-state index >= 15 is 0 Å². The van der Waals surface area contributed by atoms with Crippen LogP contribution in [0.15, 0.2) is 30.3 Å². The Hall–Kier alpha value is -2.34. The maximum atomic E-state index is 13.5. The van der Waals surface area contributed by atoms with E-state index in [1.54, 1.807) is 6.07 Å². The minimum absolute atomic E-state index is 0.00560. The molecule has 23 heavy (non-hydrogen) atoms. The van der Waals surface area contributed by atoms with E-state index in [1.807, 2.05) is 0 Å². The molecule has 1 aliphatic rings. The van der Waals surface area contributed by atoms with Crippen LogP contribution in [0.4, 0.5) is 8.78 Å². The molecule has 0 unspecified atom stereocenters. The molecule has 1 aliphatic heterocycles. The topological polar surface area (TPSA) is 72.7 Å². The van der Waals surface area contributed by atoms with Gasteiger partial charge < -0.3 is 20.6 Å². The van der Waals surface area contributed by atoms with E-state index in [2.05, 4.69) is 5.32 Å². The third-order valence-corrected chi connectivity index (χ3v) is 4.36. The highest BCUT2D eigenvalue weighted by Crippen LogP contribution is 2.36. The number of nitrogens with one attached hydrogen (secondary N) is 1. The molecule has 0 spiro atoms. The fourth-order valence-corrected chi connectivity index (χ4v) is 3.17. The molecule has 4 nitrogen and oxygen atoms in total. The van der Waals surface area contributed by atoms with Crippen molar-refractivity contribution in [3.8, 4) is 17.2 Å². The lowest BCUT2D eigenvalue weighted by molar-refractivity contribution is 0.400. The van der Waals surface area contributed by atoms with E-state index < -0.39 is 17.4 Å². The largest absolute Gasteiger partial charge is 0.505 e. The minimum Gasteiger partial charge on any atom is -0.505 e. The molecule has 0 bridgehead atoms. The number of halogens is 2. The summed E-state index contributed by atoms with van der Waals surface area (Å²) in [7, 11) is 0. The third kappa shape index (κ3) is 3.07. The Balaban J connectivity index is 1.86. The molecule has 0 amide bonds. The summed E-state index contributed by atoms with van der Waals surface area (Å²) in [4.78, 5) is 0. The van der Waals surface area contributed by atoms with E-state index in [0.29, 0.717) is 25.6 Å². The van der Waals surface area contributed by atoms with E-state index in [1.165, 1.54) is 12.1 Å². The van der Waals surface area contributed by atoms with Gasteiger partial charge in [-0.2, -0.15) is 0 Å².